The number of rotatable bonds is 2. The summed E-state index contributed by atoms with van der Waals surface area (Å²) in [6.45, 7) is 9.27. The summed E-state index contributed by atoms with van der Waals surface area (Å²) in [5.41, 5.74) is 0.421. The Bertz CT molecular complexity index is 322. The van der Waals surface area contributed by atoms with Gasteiger partial charge in [-0.3, -0.25) is 25.2 Å². The van der Waals surface area contributed by atoms with Gasteiger partial charge >= 0.3 is 0 Å². The third-order valence-electron chi connectivity index (χ3n) is 1.33. The van der Waals surface area contributed by atoms with Gasteiger partial charge in [0.15, 0.2) is 5.78 Å². The molecule has 0 aliphatic carbocycles. The van der Waals surface area contributed by atoms with Crippen LogP contribution in [0, 0.1) is 0 Å². The minimum atomic E-state index is -0.479. The van der Waals surface area contributed by atoms with E-state index in [4.69, 9.17) is 42.3 Å². The molecule has 0 bridgehead atoms. The van der Waals surface area contributed by atoms with E-state index in [0.717, 1.165) is 14.2 Å². The summed E-state index contributed by atoms with van der Waals surface area (Å²) in [5, 5.41) is 22.5. The maximum Gasteiger partial charge on any atom is 0.186 e. The minimum absolute atomic E-state index is 0. The number of aliphatic hydroxyl groups excluding tert-OH is 3. The van der Waals surface area contributed by atoms with Crippen LogP contribution in [0.1, 0.15) is 10.4 Å². The molecule has 3 N–H and O–H groups in total. The van der Waals surface area contributed by atoms with Crippen LogP contribution in [-0.4, -0.2) is 62.3 Å². The molecular formula is C13H18MnO7S-4. The SMILES string of the molecule is CO.CO.O=C(CO)c1ccccc1[S-].[CH-]=O.[CH-]=O.[CH-]=O.[Mn]. The summed E-state index contributed by atoms with van der Waals surface area (Å²) < 4.78 is 0. The third kappa shape index (κ3) is 23.6. The van der Waals surface area contributed by atoms with Gasteiger partial charge in [-0.15, -0.1) is 0 Å². The monoisotopic (exact) mass is 373 g/mol. The first-order chi connectivity index (χ1) is 10.3. The number of carbonyl (C=O) groups excluding carboxylic acids is 4. The van der Waals surface area contributed by atoms with Gasteiger partial charge in [0.25, 0.3) is 0 Å². The van der Waals surface area contributed by atoms with Gasteiger partial charge in [-0.2, -0.15) is 4.90 Å². The van der Waals surface area contributed by atoms with Crippen LogP contribution in [0.5, 0.6) is 0 Å². The molecule has 0 aliphatic heterocycles. The number of aliphatic hydroxyl groups is 3. The van der Waals surface area contributed by atoms with E-state index in [2.05, 4.69) is 20.4 Å². The molecule has 0 heterocycles. The first kappa shape index (κ1) is 37.1. The van der Waals surface area contributed by atoms with Gasteiger partial charge in [-0.05, 0) is 0 Å². The zero-order valence-electron chi connectivity index (χ0n) is 12.0. The van der Waals surface area contributed by atoms with Crippen molar-refractivity contribution in [1.82, 2.24) is 0 Å². The zero-order valence-corrected chi connectivity index (χ0v) is 14.0. The Hall–Kier alpha value is -1.48. The standard InChI is InChI=1S/C8H8O2S.2CH4O.3CHO.Mn/c9-5-7(10)6-3-1-2-4-8(6)11;5*1-2;/h1-4,9,11H,5H2;2*2H,1H3;3*1H;/q;;;3*-1;/p-1. The van der Waals surface area contributed by atoms with Gasteiger partial charge in [0, 0.05) is 36.9 Å². The first-order valence-electron chi connectivity index (χ1n) is 4.76. The Kier molecular flexibility index (Phi) is 72.0. The summed E-state index contributed by atoms with van der Waals surface area (Å²) in [6.07, 6.45) is 0. The van der Waals surface area contributed by atoms with E-state index >= 15 is 0 Å². The molecule has 0 atom stereocenters. The summed E-state index contributed by atoms with van der Waals surface area (Å²) in [7, 11) is 2.00. The predicted molar refractivity (Wildman–Crippen MR) is 80.0 cm³/mol. The summed E-state index contributed by atoms with van der Waals surface area (Å²) in [6, 6.07) is 6.76. The quantitative estimate of drug-likeness (QED) is 0.201. The van der Waals surface area contributed by atoms with Gasteiger partial charge in [-0.1, -0.05) is 24.3 Å². The van der Waals surface area contributed by atoms with Crippen molar-refractivity contribution in [3.8, 4) is 0 Å². The second-order valence-electron chi connectivity index (χ2n) is 2.08. The molecule has 0 aliphatic rings. The van der Waals surface area contributed by atoms with Crippen molar-refractivity contribution in [2.24, 2.45) is 0 Å². The van der Waals surface area contributed by atoms with Crippen LogP contribution in [0.25, 0.3) is 0 Å². The molecule has 1 aromatic carbocycles. The van der Waals surface area contributed by atoms with Gasteiger partial charge in [0.1, 0.15) is 6.61 Å². The molecule has 129 valence electrons. The van der Waals surface area contributed by atoms with E-state index in [0.29, 0.717) is 10.5 Å². The van der Waals surface area contributed by atoms with Crippen LogP contribution in [0.15, 0.2) is 29.2 Å². The third-order valence-corrected chi connectivity index (χ3v) is 1.69. The number of benzene rings is 1. The second-order valence-corrected chi connectivity index (χ2v) is 2.52. The van der Waals surface area contributed by atoms with Crippen molar-refractivity contribution in [1.29, 1.82) is 0 Å². The normalized spacial score (nSPS) is 5.86. The van der Waals surface area contributed by atoms with Crippen LogP contribution >= 0.6 is 0 Å². The van der Waals surface area contributed by atoms with Crippen LogP contribution in [0.4, 0.5) is 0 Å². The molecule has 0 spiro atoms. The minimum Gasteiger partial charge on any atom is -0.779 e. The molecular weight excluding hydrogens is 355 g/mol. The largest absolute Gasteiger partial charge is 0.779 e. The maximum atomic E-state index is 10.9. The van der Waals surface area contributed by atoms with Crippen molar-refractivity contribution in [2.75, 3.05) is 20.8 Å². The molecule has 0 saturated heterocycles. The van der Waals surface area contributed by atoms with Gasteiger partial charge in [0.05, 0.1) is 0 Å². The van der Waals surface area contributed by atoms with E-state index in [1.807, 2.05) is 0 Å². The fraction of sp³-hybridized carbons (Fsp3) is 0.231. The van der Waals surface area contributed by atoms with E-state index in [-0.39, 0.29) is 22.9 Å². The molecule has 22 heavy (non-hydrogen) atoms. The molecule has 0 amide bonds. The second kappa shape index (κ2) is 42.7. The average molecular weight is 373 g/mol. The summed E-state index contributed by atoms with van der Waals surface area (Å²) in [5.74, 6) is -0.324. The van der Waals surface area contributed by atoms with Crippen molar-refractivity contribution in [3.63, 3.8) is 0 Å². The Balaban J connectivity index is -0.0000000500. The molecule has 1 radical (unpaired) electrons. The van der Waals surface area contributed by atoms with Crippen LogP contribution < -0.4 is 0 Å². The summed E-state index contributed by atoms with van der Waals surface area (Å²) in [4.78, 5) is 34.7. The molecule has 9 heteroatoms. The van der Waals surface area contributed by atoms with Gasteiger partial charge in [0.2, 0.25) is 0 Å². The fourth-order valence-corrected chi connectivity index (χ4v) is 1.04. The maximum absolute atomic E-state index is 10.9. The first-order valence-corrected chi connectivity index (χ1v) is 5.17. The van der Waals surface area contributed by atoms with Crippen molar-refractivity contribution in [2.45, 2.75) is 4.90 Å². The van der Waals surface area contributed by atoms with Crippen molar-refractivity contribution in [3.05, 3.63) is 29.8 Å². The Morgan fingerprint density at radius 1 is 0.955 bits per heavy atom. The molecule has 0 unspecified atom stereocenters. The van der Waals surface area contributed by atoms with Gasteiger partial charge < -0.3 is 42.3 Å². The smallest absolute Gasteiger partial charge is 0.186 e. The summed E-state index contributed by atoms with van der Waals surface area (Å²) >= 11 is 4.86. The molecule has 1 rings (SSSR count). The van der Waals surface area contributed by atoms with Gasteiger partial charge in [-0.25, -0.2) is 0 Å². The number of Topliss-reactive ketones (excluding diaryl/α,β-unsaturated/α-hetero) is 1. The van der Waals surface area contributed by atoms with Crippen molar-refractivity contribution < 1.29 is 51.6 Å². The molecule has 7 nitrogen and oxygen atoms in total. The van der Waals surface area contributed by atoms with Crippen LogP contribution in [-0.2, 0) is 44.1 Å². The fourth-order valence-electron chi connectivity index (χ4n) is 0.782. The topological polar surface area (TPSA) is 129 Å². The van der Waals surface area contributed by atoms with E-state index in [1.165, 1.54) is 0 Å². The number of hydrogen-bond donors (Lipinski definition) is 3. The zero-order chi connectivity index (χ0) is 18.3. The van der Waals surface area contributed by atoms with Crippen molar-refractivity contribution >= 4 is 38.8 Å². The Morgan fingerprint density at radius 3 is 1.55 bits per heavy atom. The van der Waals surface area contributed by atoms with E-state index in [1.54, 1.807) is 24.3 Å². The number of hydrogen-bond acceptors (Lipinski definition) is 8. The van der Waals surface area contributed by atoms with E-state index < -0.39 is 6.61 Å². The van der Waals surface area contributed by atoms with Crippen LogP contribution in [0.3, 0.4) is 0 Å². The average Bonchev–Trinajstić information content (AvgIpc) is 2.63. The molecule has 0 saturated carbocycles. The number of ketones is 1. The molecule has 0 fully saturated rings. The molecule has 1 aromatic rings. The van der Waals surface area contributed by atoms with Crippen LogP contribution in [0.2, 0.25) is 0 Å². The van der Waals surface area contributed by atoms with E-state index in [9.17, 15) is 4.79 Å². The Morgan fingerprint density at radius 2 is 1.27 bits per heavy atom. The molecule has 0 aromatic heterocycles. The predicted octanol–water partition coefficient (Wildman–Crippen LogP) is -0.840. The number of carbonyl (C=O) groups is 1. The Labute approximate surface area is 146 Å².